The molecule has 0 aliphatic heterocycles. The molecular formula is C26H44. The van der Waals surface area contributed by atoms with Crippen LogP contribution in [0, 0.1) is 29.6 Å². The SMILES string of the molecule is CC1CC=C(C2=CCC2C)C1.CCCCCCCC#CCCC(C)CC. The zero-order valence-corrected chi connectivity index (χ0v) is 18.4. The van der Waals surface area contributed by atoms with E-state index in [-0.39, 0.29) is 0 Å². The molecule has 0 saturated carbocycles. The minimum atomic E-state index is 0.851. The smallest absolute Gasteiger partial charge is 0.00912 e. The van der Waals surface area contributed by atoms with Crippen molar-refractivity contribution in [1.82, 2.24) is 0 Å². The van der Waals surface area contributed by atoms with Crippen molar-refractivity contribution in [3.8, 4) is 11.8 Å². The molecule has 0 aromatic rings. The molecule has 148 valence electrons. The van der Waals surface area contributed by atoms with Crippen LogP contribution in [0.25, 0.3) is 0 Å². The first-order chi connectivity index (χ1) is 12.6. The van der Waals surface area contributed by atoms with Gasteiger partial charge in [-0.1, -0.05) is 78.9 Å². The largest absolute Gasteiger partial charge is 0.103 e. The summed E-state index contributed by atoms with van der Waals surface area (Å²) in [7, 11) is 0. The monoisotopic (exact) mass is 356 g/mol. The highest BCUT2D eigenvalue weighted by Crippen LogP contribution is 2.39. The molecule has 0 nitrogen and oxygen atoms in total. The number of allylic oxidation sites excluding steroid dienone is 4. The van der Waals surface area contributed by atoms with E-state index < -0.39 is 0 Å². The summed E-state index contributed by atoms with van der Waals surface area (Å²) in [5.41, 5.74) is 3.30. The van der Waals surface area contributed by atoms with Gasteiger partial charge in [0.1, 0.15) is 0 Å². The second-order valence-electron chi connectivity index (χ2n) is 8.64. The third kappa shape index (κ3) is 9.66. The van der Waals surface area contributed by atoms with Crippen molar-refractivity contribution >= 4 is 0 Å². The highest BCUT2D eigenvalue weighted by molar-refractivity contribution is 5.40. The van der Waals surface area contributed by atoms with Crippen molar-refractivity contribution in [2.24, 2.45) is 17.8 Å². The number of unbranched alkanes of at least 4 members (excludes halogenated alkanes) is 5. The summed E-state index contributed by atoms with van der Waals surface area (Å²) in [6.45, 7) is 11.5. The summed E-state index contributed by atoms with van der Waals surface area (Å²) in [4.78, 5) is 0. The molecule has 0 radical (unpaired) electrons. The second-order valence-corrected chi connectivity index (χ2v) is 8.64. The lowest BCUT2D eigenvalue weighted by molar-refractivity contribution is 0.525. The van der Waals surface area contributed by atoms with Crippen LogP contribution in [0.1, 0.15) is 112 Å². The standard InChI is InChI=1S/C15H28.C11H16/c1-4-6-7-8-9-10-11-12-13-14-15(3)5-2;1-8-3-5-10(7-8)11-6-4-9(11)2/h15H,4-10,13-14H2,1-3H3;5-6,8-9H,3-4,7H2,1-2H3. The Hall–Kier alpha value is -0.960. The Labute approximate surface area is 164 Å². The summed E-state index contributed by atoms with van der Waals surface area (Å²) >= 11 is 0. The molecule has 0 fully saturated rings. The van der Waals surface area contributed by atoms with Gasteiger partial charge in [-0.3, -0.25) is 0 Å². The maximum Gasteiger partial charge on any atom is 0.00912 e. The molecule has 3 unspecified atom stereocenters. The van der Waals surface area contributed by atoms with Gasteiger partial charge in [0.15, 0.2) is 0 Å². The van der Waals surface area contributed by atoms with Gasteiger partial charge in [-0.25, -0.2) is 0 Å². The van der Waals surface area contributed by atoms with Gasteiger partial charge < -0.3 is 0 Å². The number of rotatable bonds is 9. The van der Waals surface area contributed by atoms with Gasteiger partial charge in [-0.15, -0.1) is 11.8 Å². The lowest BCUT2D eigenvalue weighted by Crippen LogP contribution is -2.09. The van der Waals surface area contributed by atoms with E-state index in [4.69, 9.17) is 0 Å². The van der Waals surface area contributed by atoms with Gasteiger partial charge in [0.05, 0.1) is 0 Å². The maximum absolute atomic E-state index is 3.29. The first-order valence-electron chi connectivity index (χ1n) is 11.4. The predicted octanol–water partition coefficient (Wildman–Crippen LogP) is 8.49. The Balaban J connectivity index is 0.000000269. The van der Waals surface area contributed by atoms with Crippen molar-refractivity contribution in [2.45, 2.75) is 112 Å². The molecule has 0 amide bonds. The molecule has 0 spiro atoms. The van der Waals surface area contributed by atoms with E-state index in [1.807, 2.05) is 0 Å². The van der Waals surface area contributed by atoms with Crippen LogP contribution < -0.4 is 0 Å². The van der Waals surface area contributed by atoms with Crippen molar-refractivity contribution in [3.63, 3.8) is 0 Å². The maximum atomic E-state index is 3.29. The van der Waals surface area contributed by atoms with E-state index in [1.54, 1.807) is 11.1 Å². The van der Waals surface area contributed by atoms with E-state index in [0.717, 1.165) is 30.6 Å². The predicted molar refractivity (Wildman–Crippen MR) is 118 cm³/mol. The number of hydrogen-bond acceptors (Lipinski definition) is 0. The highest BCUT2D eigenvalue weighted by atomic mass is 14.3. The summed E-state index contributed by atoms with van der Waals surface area (Å²) in [6.07, 6.45) is 20.3. The minimum absolute atomic E-state index is 0.851. The molecule has 0 saturated heterocycles. The molecule has 0 aromatic carbocycles. The van der Waals surface area contributed by atoms with Crippen molar-refractivity contribution in [3.05, 3.63) is 23.3 Å². The summed E-state index contributed by atoms with van der Waals surface area (Å²) in [5, 5.41) is 0. The Bertz CT molecular complexity index is 482. The first-order valence-corrected chi connectivity index (χ1v) is 11.4. The fourth-order valence-electron chi connectivity index (χ4n) is 3.56. The summed E-state index contributed by atoms with van der Waals surface area (Å²) < 4.78 is 0. The zero-order chi connectivity index (χ0) is 19.2. The molecule has 2 rings (SSSR count). The first kappa shape index (κ1) is 23.1. The Morgan fingerprint density at radius 1 is 0.962 bits per heavy atom. The molecular weight excluding hydrogens is 312 g/mol. The normalized spacial score (nSPS) is 22.2. The summed E-state index contributed by atoms with van der Waals surface area (Å²) in [5.74, 6) is 9.19. The molecule has 0 N–H and O–H groups in total. The Morgan fingerprint density at radius 3 is 2.23 bits per heavy atom. The molecule has 0 bridgehead atoms. The molecule has 0 heterocycles. The number of hydrogen-bond donors (Lipinski definition) is 0. The van der Waals surface area contributed by atoms with E-state index in [0.29, 0.717) is 0 Å². The fourth-order valence-corrected chi connectivity index (χ4v) is 3.56. The Kier molecular flexibility index (Phi) is 12.6. The minimum Gasteiger partial charge on any atom is -0.103 e. The van der Waals surface area contributed by atoms with Gasteiger partial charge >= 0.3 is 0 Å². The molecule has 2 aliphatic rings. The third-order valence-electron chi connectivity index (χ3n) is 5.92. The van der Waals surface area contributed by atoms with Crippen molar-refractivity contribution in [1.29, 1.82) is 0 Å². The Morgan fingerprint density at radius 2 is 1.69 bits per heavy atom. The van der Waals surface area contributed by atoms with Gasteiger partial charge in [0.2, 0.25) is 0 Å². The highest BCUT2D eigenvalue weighted by Gasteiger charge is 2.23. The molecule has 0 heteroatoms. The van der Waals surface area contributed by atoms with Crippen LogP contribution >= 0.6 is 0 Å². The van der Waals surface area contributed by atoms with E-state index >= 15 is 0 Å². The van der Waals surface area contributed by atoms with Crippen LogP contribution in [-0.4, -0.2) is 0 Å². The zero-order valence-electron chi connectivity index (χ0n) is 18.4. The van der Waals surface area contributed by atoms with Crippen LogP contribution in [0.5, 0.6) is 0 Å². The van der Waals surface area contributed by atoms with E-state index in [9.17, 15) is 0 Å². The topological polar surface area (TPSA) is 0 Å². The van der Waals surface area contributed by atoms with Crippen molar-refractivity contribution < 1.29 is 0 Å². The van der Waals surface area contributed by atoms with E-state index in [2.05, 4.69) is 58.6 Å². The van der Waals surface area contributed by atoms with Crippen LogP contribution in [0.3, 0.4) is 0 Å². The second kappa shape index (κ2) is 14.1. The van der Waals surface area contributed by atoms with Gasteiger partial charge in [0, 0.05) is 12.8 Å². The van der Waals surface area contributed by atoms with Crippen LogP contribution in [-0.2, 0) is 0 Å². The fraction of sp³-hybridized carbons (Fsp3) is 0.769. The average molecular weight is 357 g/mol. The molecule has 2 aliphatic carbocycles. The average Bonchev–Trinajstić information content (AvgIpc) is 3.04. The van der Waals surface area contributed by atoms with Gasteiger partial charge in [-0.2, -0.15) is 0 Å². The van der Waals surface area contributed by atoms with E-state index in [1.165, 1.54) is 64.2 Å². The van der Waals surface area contributed by atoms with Gasteiger partial charge in [-0.05, 0) is 61.0 Å². The van der Waals surface area contributed by atoms with Crippen LogP contribution in [0.15, 0.2) is 23.3 Å². The quantitative estimate of drug-likeness (QED) is 0.287. The van der Waals surface area contributed by atoms with Crippen LogP contribution in [0.2, 0.25) is 0 Å². The van der Waals surface area contributed by atoms with Crippen molar-refractivity contribution in [2.75, 3.05) is 0 Å². The third-order valence-corrected chi connectivity index (χ3v) is 5.92. The lowest BCUT2D eigenvalue weighted by atomic mass is 9.81. The van der Waals surface area contributed by atoms with Gasteiger partial charge in [0.25, 0.3) is 0 Å². The summed E-state index contributed by atoms with van der Waals surface area (Å²) in [6, 6.07) is 0. The van der Waals surface area contributed by atoms with Crippen LogP contribution in [0.4, 0.5) is 0 Å². The molecule has 26 heavy (non-hydrogen) atoms. The molecule has 3 atom stereocenters. The molecule has 0 aromatic heterocycles. The lowest BCUT2D eigenvalue weighted by Gasteiger charge is -2.24.